The number of ether oxygens (including phenoxy) is 2. The second kappa shape index (κ2) is 26.5. The summed E-state index contributed by atoms with van der Waals surface area (Å²) < 4.78 is 13.7. The van der Waals surface area contributed by atoms with E-state index in [0.717, 1.165) is 19.3 Å². The lowest BCUT2D eigenvalue weighted by Crippen LogP contribution is -2.44. The van der Waals surface area contributed by atoms with E-state index in [1.54, 1.807) is 10.0 Å². The van der Waals surface area contributed by atoms with E-state index in [0.29, 0.717) is 58.2 Å². The number of unbranched alkanes of at least 4 members (excludes halogenated alkanes) is 9. The van der Waals surface area contributed by atoms with Gasteiger partial charge in [0, 0.05) is 44.8 Å². The second-order valence-corrected chi connectivity index (χ2v) is 16.8. The van der Waals surface area contributed by atoms with Gasteiger partial charge in [0.05, 0.1) is 53.7 Å². The van der Waals surface area contributed by atoms with Crippen LogP contribution in [0.4, 0.5) is 0 Å². The molecule has 1 heterocycles. The first-order valence-corrected chi connectivity index (χ1v) is 20.9. The van der Waals surface area contributed by atoms with E-state index in [2.05, 4.69) is 17.6 Å². The van der Waals surface area contributed by atoms with Gasteiger partial charge in [0.25, 0.3) is 0 Å². The number of nitrogens with two attached hydrogens (primary N) is 1. The van der Waals surface area contributed by atoms with Gasteiger partial charge in [-0.25, -0.2) is 0 Å². The zero-order valence-electron chi connectivity index (χ0n) is 33.5. The molecule has 1 aliphatic heterocycles. The van der Waals surface area contributed by atoms with Gasteiger partial charge < -0.3 is 25.8 Å². The van der Waals surface area contributed by atoms with Crippen LogP contribution in [0.3, 0.4) is 0 Å². The fraction of sp³-hybridized carbons (Fsp3) is 0.846. The first-order chi connectivity index (χ1) is 25.0. The number of carbonyl (C=O) groups excluding carboxylic acids is 6. The van der Waals surface area contributed by atoms with Crippen molar-refractivity contribution in [3.8, 4) is 0 Å². The van der Waals surface area contributed by atoms with E-state index in [-0.39, 0.29) is 67.9 Å². The predicted octanol–water partition coefficient (Wildman–Crippen LogP) is 5.89. The van der Waals surface area contributed by atoms with Crippen LogP contribution in [-0.4, -0.2) is 93.5 Å². The number of hydrogen-bond donors (Lipinski definition) is 3. The van der Waals surface area contributed by atoms with E-state index in [9.17, 15) is 28.8 Å². The lowest BCUT2D eigenvalue weighted by Gasteiger charge is -2.30. The van der Waals surface area contributed by atoms with Crippen molar-refractivity contribution in [2.24, 2.45) is 11.7 Å². The molecule has 1 rings (SSSR count). The molecule has 1 fully saturated rings. The topological polar surface area (TPSA) is 177 Å². The van der Waals surface area contributed by atoms with Gasteiger partial charge >= 0.3 is 0 Å². The Morgan fingerprint density at radius 2 is 1.45 bits per heavy atom. The summed E-state index contributed by atoms with van der Waals surface area (Å²) in [6.07, 6.45) is 14.4. The summed E-state index contributed by atoms with van der Waals surface area (Å²) in [6.45, 7) is 13.5. The molecule has 14 heteroatoms. The molecule has 0 aromatic carbocycles. The molecule has 13 nitrogen and oxygen atoms in total. The van der Waals surface area contributed by atoms with E-state index < -0.39 is 23.2 Å². The number of nitrogens with zero attached hydrogens (tertiary/aromatic N) is 2. The van der Waals surface area contributed by atoms with Crippen molar-refractivity contribution in [2.75, 3.05) is 32.8 Å². The highest BCUT2D eigenvalue weighted by atomic mass is 127. The van der Waals surface area contributed by atoms with Crippen molar-refractivity contribution in [3.05, 3.63) is 0 Å². The normalized spacial score (nSPS) is 15.5. The molecule has 0 bridgehead atoms. The van der Waals surface area contributed by atoms with Gasteiger partial charge in [0.15, 0.2) is 0 Å². The van der Waals surface area contributed by atoms with Gasteiger partial charge in [-0.15, -0.1) is 0 Å². The number of halogens is 1. The van der Waals surface area contributed by atoms with Crippen molar-refractivity contribution in [3.63, 3.8) is 0 Å². The van der Waals surface area contributed by atoms with Crippen LogP contribution >= 0.6 is 22.9 Å². The fourth-order valence-corrected chi connectivity index (χ4v) is 6.60. The summed E-state index contributed by atoms with van der Waals surface area (Å²) >= 11 is 2.00. The maximum absolute atomic E-state index is 12.7. The van der Waals surface area contributed by atoms with Crippen molar-refractivity contribution >= 4 is 58.3 Å². The molecule has 2 atom stereocenters. The molecule has 0 saturated carbocycles. The number of likely N-dealkylation sites (tertiary alicyclic amines) is 1. The predicted molar refractivity (Wildman–Crippen MR) is 215 cm³/mol. The Bertz CT molecular complexity index is 1150. The SMILES string of the molecule is CCCCCCCCCCCC(=O)NC(CCCCN(I)C(=O)CCOC(C)(C)CCOC(C)(C)CCNC(=O)CCN1C(=O)CC(C)C1=O)C(N)=O. The molecule has 0 aliphatic carbocycles. The Balaban J connectivity index is 2.20. The zero-order chi connectivity index (χ0) is 39.9. The van der Waals surface area contributed by atoms with Crippen LogP contribution in [0.25, 0.3) is 0 Å². The van der Waals surface area contributed by atoms with E-state index >= 15 is 0 Å². The Morgan fingerprint density at radius 3 is 2.06 bits per heavy atom. The number of carbonyl (C=O) groups is 6. The molecule has 0 aromatic rings. The number of amides is 6. The minimum atomic E-state index is -0.702. The molecule has 306 valence electrons. The lowest BCUT2D eigenvalue weighted by molar-refractivity contribution is -0.139. The molecule has 6 amide bonds. The molecule has 4 N–H and O–H groups in total. The standard InChI is InChI=1S/C39H70IN5O8/c1-7-8-9-10-11-12-13-14-15-19-33(47)43-31(36(41)50)18-16-17-25-45(40)34(48)21-27-52-39(5,6)23-28-53-38(3,4)22-24-42-32(46)20-26-44-35(49)29-30(2)37(44)51/h30-31H,7-29H2,1-6H3,(H2,41,50)(H,42,46)(H,43,47). The zero-order valence-corrected chi connectivity index (χ0v) is 35.7. The summed E-state index contributed by atoms with van der Waals surface area (Å²) in [5.74, 6) is -1.70. The molecule has 0 spiro atoms. The van der Waals surface area contributed by atoms with Gasteiger partial charge in [-0.3, -0.25) is 36.8 Å². The second-order valence-electron chi connectivity index (χ2n) is 15.6. The van der Waals surface area contributed by atoms with Crippen LogP contribution in [0.5, 0.6) is 0 Å². The Kier molecular flexibility index (Phi) is 24.3. The first kappa shape index (κ1) is 48.7. The molecular weight excluding hydrogens is 793 g/mol. The third kappa shape index (κ3) is 22.6. The summed E-state index contributed by atoms with van der Waals surface area (Å²) in [5, 5.41) is 5.63. The summed E-state index contributed by atoms with van der Waals surface area (Å²) in [6, 6.07) is -0.702. The summed E-state index contributed by atoms with van der Waals surface area (Å²) in [4.78, 5) is 74.4. The highest BCUT2D eigenvalue weighted by molar-refractivity contribution is 14.1. The molecule has 0 radical (unpaired) electrons. The van der Waals surface area contributed by atoms with Gasteiger partial charge in [0.1, 0.15) is 6.04 Å². The van der Waals surface area contributed by atoms with Crippen LogP contribution in [0.1, 0.15) is 157 Å². The van der Waals surface area contributed by atoms with Crippen LogP contribution in [-0.2, 0) is 38.2 Å². The largest absolute Gasteiger partial charge is 0.375 e. The third-order valence-electron chi connectivity index (χ3n) is 9.64. The first-order valence-electron chi connectivity index (χ1n) is 19.9. The van der Waals surface area contributed by atoms with Gasteiger partial charge in [-0.05, 0) is 66.2 Å². The Morgan fingerprint density at radius 1 is 0.849 bits per heavy atom. The monoisotopic (exact) mass is 863 g/mol. The Hall–Kier alpha value is -2.33. The average Bonchev–Trinajstić information content (AvgIpc) is 3.32. The molecule has 1 aliphatic rings. The van der Waals surface area contributed by atoms with Crippen LogP contribution < -0.4 is 16.4 Å². The van der Waals surface area contributed by atoms with Gasteiger partial charge in [0.2, 0.25) is 35.4 Å². The van der Waals surface area contributed by atoms with Crippen LogP contribution in [0, 0.1) is 5.92 Å². The quantitative estimate of drug-likeness (QED) is 0.0335. The Labute approximate surface area is 332 Å². The van der Waals surface area contributed by atoms with Crippen molar-refractivity contribution in [2.45, 2.75) is 174 Å². The molecular formula is C39H70IN5O8. The fourth-order valence-electron chi connectivity index (χ4n) is 6.01. The van der Waals surface area contributed by atoms with Crippen LogP contribution in [0.2, 0.25) is 0 Å². The number of rotatable bonds is 31. The highest BCUT2D eigenvalue weighted by Gasteiger charge is 2.35. The molecule has 2 unspecified atom stereocenters. The molecule has 53 heavy (non-hydrogen) atoms. The minimum Gasteiger partial charge on any atom is -0.375 e. The van der Waals surface area contributed by atoms with E-state index in [4.69, 9.17) is 15.2 Å². The highest BCUT2D eigenvalue weighted by Crippen LogP contribution is 2.21. The van der Waals surface area contributed by atoms with Crippen LogP contribution in [0.15, 0.2) is 0 Å². The number of primary amides is 1. The van der Waals surface area contributed by atoms with E-state index in [1.807, 2.05) is 50.6 Å². The minimum absolute atomic E-state index is 0.0465. The molecule has 1 saturated heterocycles. The smallest absolute Gasteiger partial charge is 0.239 e. The maximum Gasteiger partial charge on any atom is 0.239 e. The van der Waals surface area contributed by atoms with Gasteiger partial charge in [-0.2, -0.15) is 0 Å². The average molecular weight is 864 g/mol. The van der Waals surface area contributed by atoms with Crippen molar-refractivity contribution < 1.29 is 38.2 Å². The number of imide groups is 1. The maximum atomic E-state index is 12.7. The van der Waals surface area contributed by atoms with E-state index in [1.165, 1.54) is 43.4 Å². The summed E-state index contributed by atoms with van der Waals surface area (Å²) in [5.41, 5.74) is 4.55. The summed E-state index contributed by atoms with van der Waals surface area (Å²) in [7, 11) is 0. The lowest BCUT2D eigenvalue weighted by atomic mass is 10.0. The third-order valence-corrected chi connectivity index (χ3v) is 10.7. The van der Waals surface area contributed by atoms with Gasteiger partial charge in [-0.1, -0.05) is 65.2 Å². The number of nitrogens with one attached hydrogen (secondary N) is 2. The number of hydrogen-bond acceptors (Lipinski definition) is 8. The van der Waals surface area contributed by atoms with Crippen molar-refractivity contribution in [1.29, 1.82) is 0 Å². The van der Waals surface area contributed by atoms with Crippen molar-refractivity contribution in [1.82, 2.24) is 18.6 Å². The molecule has 0 aromatic heterocycles.